The molecule has 2 heterocycles. The van der Waals surface area contributed by atoms with Crippen LogP contribution in [0.3, 0.4) is 0 Å². The Hall–Kier alpha value is -4.38. The Morgan fingerprint density at radius 3 is 2.43 bits per heavy atom. The Labute approximate surface area is 198 Å². The molecular formula is C24H21N3O8. The lowest BCUT2D eigenvalue weighted by Gasteiger charge is -2.15. The van der Waals surface area contributed by atoms with Gasteiger partial charge in [0.25, 0.3) is 17.2 Å². The lowest BCUT2D eigenvalue weighted by molar-refractivity contribution is -0.384. The van der Waals surface area contributed by atoms with Gasteiger partial charge in [0.15, 0.2) is 0 Å². The molecule has 1 saturated heterocycles. The van der Waals surface area contributed by atoms with Gasteiger partial charge in [-0.15, -0.1) is 0 Å². The first-order valence-electron chi connectivity index (χ1n) is 10.7. The van der Waals surface area contributed by atoms with Gasteiger partial charge in [0.05, 0.1) is 29.2 Å². The highest BCUT2D eigenvalue weighted by Crippen LogP contribution is 2.24. The number of aryl methyl sites for hydroxylation is 1. The minimum atomic E-state index is -0.772. The van der Waals surface area contributed by atoms with Crippen LogP contribution in [0.25, 0.3) is 0 Å². The van der Waals surface area contributed by atoms with E-state index in [1.54, 1.807) is 18.2 Å². The number of esters is 1. The zero-order valence-corrected chi connectivity index (χ0v) is 18.7. The fourth-order valence-electron chi connectivity index (χ4n) is 3.82. The SMILES string of the molecule is Cc1cn([C@@H]2CO[C@H](COC(=O)c3ccc([N+](=O)[O-])cc3)C2)c(=O)n(C(=O)c2ccccc2)c1=O. The van der Waals surface area contributed by atoms with E-state index in [0.717, 1.165) is 0 Å². The first-order chi connectivity index (χ1) is 16.8. The molecular weight excluding hydrogens is 458 g/mol. The number of benzene rings is 2. The number of non-ortho nitro benzene ring substituents is 1. The van der Waals surface area contributed by atoms with Crippen molar-refractivity contribution in [3.05, 3.63) is 108 Å². The first kappa shape index (κ1) is 23.8. The van der Waals surface area contributed by atoms with Crippen molar-refractivity contribution in [3.63, 3.8) is 0 Å². The number of hydrogen-bond donors (Lipinski definition) is 0. The van der Waals surface area contributed by atoms with Crippen molar-refractivity contribution in [2.24, 2.45) is 0 Å². The van der Waals surface area contributed by atoms with E-state index >= 15 is 0 Å². The molecule has 11 nitrogen and oxygen atoms in total. The maximum absolute atomic E-state index is 13.1. The maximum Gasteiger partial charge on any atom is 0.338 e. The van der Waals surface area contributed by atoms with Crippen LogP contribution in [-0.2, 0) is 9.47 Å². The largest absolute Gasteiger partial charge is 0.459 e. The number of nitrogens with zero attached hydrogens (tertiary/aromatic N) is 3. The number of hydrogen-bond acceptors (Lipinski definition) is 8. The van der Waals surface area contributed by atoms with Crippen LogP contribution in [0.2, 0.25) is 0 Å². The minimum absolute atomic E-state index is 0.0946. The topological polar surface area (TPSA) is 140 Å². The van der Waals surface area contributed by atoms with Gasteiger partial charge in [-0.3, -0.25) is 24.3 Å². The van der Waals surface area contributed by atoms with Gasteiger partial charge in [0.2, 0.25) is 0 Å². The lowest BCUT2D eigenvalue weighted by atomic mass is 10.1. The maximum atomic E-state index is 13.1. The second kappa shape index (κ2) is 9.85. The molecule has 0 saturated carbocycles. The quantitative estimate of drug-likeness (QED) is 0.297. The molecule has 0 unspecified atom stereocenters. The first-order valence-corrected chi connectivity index (χ1v) is 10.7. The molecule has 4 rings (SSSR count). The number of carbonyl (C=O) groups is 2. The molecule has 35 heavy (non-hydrogen) atoms. The van der Waals surface area contributed by atoms with Crippen LogP contribution in [0.4, 0.5) is 5.69 Å². The van der Waals surface area contributed by atoms with E-state index in [1.165, 1.54) is 54.1 Å². The van der Waals surface area contributed by atoms with E-state index in [9.17, 15) is 29.3 Å². The van der Waals surface area contributed by atoms with Crippen LogP contribution in [0, 0.1) is 17.0 Å². The van der Waals surface area contributed by atoms with E-state index in [4.69, 9.17) is 9.47 Å². The van der Waals surface area contributed by atoms with Crippen molar-refractivity contribution in [1.82, 2.24) is 9.13 Å². The summed E-state index contributed by atoms with van der Waals surface area (Å²) in [7, 11) is 0. The van der Waals surface area contributed by atoms with Crippen LogP contribution in [-0.4, -0.2) is 45.3 Å². The summed E-state index contributed by atoms with van der Waals surface area (Å²) < 4.78 is 12.8. The number of aromatic nitrogens is 2. The normalized spacial score (nSPS) is 17.2. The Bertz CT molecular complexity index is 1390. The smallest absolute Gasteiger partial charge is 0.338 e. The Kier molecular flexibility index (Phi) is 6.69. The average molecular weight is 479 g/mol. The molecule has 0 radical (unpaired) electrons. The van der Waals surface area contributed by atoms with E-state index < -0.39 is 40.2 Å². The summed E-state index contributed by atoms with van der Waals surface area (Å²) in [6.45, 7) is 1.55. The molecule has 1 fully saturated rings. The molecule has 0 amide bonds. The molecule has 3 aromatic rings. The molecule has 1 aromatic heterocycles. The number of carbonyl (C=O) groups excluding carboxylic acids is 2. The summed E-state index contributed by atoms with van der Waals surface area (Å²) >= 11 is 0. The fraction of sp³-hybridized carbons (Fsp3) is 0.250. The van der Waals surface area contributed by atoms with E-state index in [2.05, 4.69) is 0 Å². The zero-order chi connectivity index (χ0) is 25.1. The molecule has 0 aliphatic carbocycles. The molecule has 180 valence electrons. The Morgan fingerprint density at radius 1 is 1.09 bits per heavy atom. The van der Waals surface area contributed by atoms with Gasteiger partial charge in [0.1, 0.15) is 6.61 Å². The zero-order valence-electron chi connectivity index (χ0n) is 18.7. The molecule has 0 bridgehead atoms. The second-order valence-corrected chi connectivity index (χ2v) is 8.06. The highest BCUT2D eigenvalue weighted by molar-refractivity contribution is 5.95. The van der Waals surface area contributed by atoms with Gasteiger partial charge in [-0.05, 0) is 31.2 Å². The van der Waals surface area contributed by atoms with Gasteiger partial charge >= 0.3 is 11.7 Å². The fourth-order valence-corrected chi connectivity index (χ4v) is 3.82. The van der Waals surface area contributed by atoms with Crippen molar-refractivity contribution < 1.29 is 24.0 Å². The molecule has 1 aliphatic rings. The predicted octanol–water partition coefficient (Wildman–Crippen LogP) is 2.10. The Morgan fingerprint density at radius 2 is 1.77 bits per heavy atom. The summed E-state index contributed by atoms with van der Waals surface area (Å²) in [4.78, 5) is 61.0. The third kappa shape index (κ3) is 4.94. The van der Waals surface area contributed by atoms with E-state index in [0.29, 0.717) is 11.0 Å². The molecule has 0 spiro atoms. The average Bonchev–Trinajstić information content (AvgIpc) is 3.34. The second-order valence-electron chi connectivity index (χ2n) is 8.06. The van der Waals surface area contributed by atoms with Gasteiger partial charge < -0.3 is 9.47 Å². The number of nitro benzene ring substituents is 1. The third-order valence-electron chi connectivity index (χ3n) is 5.68. The number of ether oxygens (including phenoxy) is 2. The predicted molar refractivity (Wildman–Crippen MR) is 123 cm³/mol. The van der Waals surface area contributed by atoms with Gasteiger partial charge in [-0.2, -0.15) is 4.57 Å². The van der Waals surface area contributed by atoms with Crippen LogP contribution in [0.5, 0.6) is 0 Å². The molecule has 2 atom stereocenters. The third-order valence-corrected chi connectivity index (χ3v) is 5.68. The van der Waals surface area contributed by atoms with Crippen molar-refractivity contribution in [2.45, 2.75) is 25.5 Å². The van der Waals surface area contributed by atoms with Crippen molar-refractivity contribution in [3.8, 4) is 0 Å². The highest BCUT2D eigenvalue weighted by atomic mass is 16.6. The summed E-state index contributed by atoms with van der Waals surface area (Å²) in [6.07, 6.45) is 1.20. The van der Waals surface area contributed by atoms with E-state index in [-0.39, 0.29) is 35.6 Å². The Balaban J connectivity index is 1.46. The van der Waals surface area contributed by atoms with Crippen LogP contribution in [0.1, 0.15) is 38.7 Å². The number of nitro groups is 1. The molecule has 1 aliphatic heterocycles. The summed E-state index contributed by atoms with van der Waals surface area (Å²) in [5, 5.41) is 10.7. The van der Waals surface area contributed by atoms with Crippen molar-refractivity contribution in [1.29, 1.82) is 0 Å². The van der Waals surface area contributed by atoms with Crippen LogP contribution >= 0.6 is 0 Å². The van der Waals surface area contributed by atoms with Crippen LogP contribution in [0.15, 0.2) is 70.4 Å². The van der Waals surface area contributed by atoms with Gasteiger partial charge in [0, 0.05) is 35.9 Å². The highest BCUT2D eigenvalue weighted by Gasteiger charge is 2.30. The molecule has 2 aromatic carbocycles. The van der Waals surface area contributed by atoms with Gasteiger partial charge in [-0.25, -0.2) is 9.59 Å². The van der Waals surface area contributed by atoms with Crippen molar-refractivity contribution >= 4 is 17.6 Å². The standard InChI is InChI=1S/C24H21N3O8/c1-15-12-25(24(31)26(21(15)28)22(29)16-5-3-2-4-6-16)19-11-20(34-13-19)14-35-23(30)17-7-9-18(10-8-17)27(32)33/h2-10,12,19-20H,11,13-14H2,1H3/t19-,20-/m0/s1. The van der Waals surface area contributed by atoms with Crippen LogP contribution < -0.4 is 11.2 Å². The number of rotatable bonds is 6. The summed E-state index contributed by atoms with van der Waals surface area (Å²) in [6, 6.07) is 12.6. The molecule has 11 heteroatoms. The summed E-state index contributed by atoms with van der Waals surface area (Å²) in [5.74, 6) is -1.38. The minimum Gasteiger partial charge on any atom is -0.459 e. The monoisotopic (exact) mass is 479 g/mol. The van der Waals surface area contributed by atoms with Gasteiger partial charge in [-0.1, -0.05) is 18.2 Å². The lowest BCUT2D eigenvalue weighted by Crippen LogP contribution is -2.45. The van der Waals surface area contributed by atoms with E-state index in [1.807, 2.05) is 0 Å². The molecule has 0 N–H and O–H groups in total. The summed E-state index contributed by atoms with van der Waals surface area (Å²) in [5.41, 5.74) is -1.01. The van der Waals surface area contributed by atoms with Crippen molar-refractivity contribution in [2.75, 3.05) is 13.2 Å².